The summed E-state index contributed by atoms with van der Waals surface area (Å²) in [7, 11) is -3.58. The lowest BCUT2D eigenvalue weighted by atomic mass is 10.2. The van der Waals surface area contributed by atoms with Gasteiger partial charge < -0.3 is 10.6 Å². The van der Waals surface area contributed by atoms with Gasteiger partial charge in [-0.25, -0.2) is 18.4 Å². The largest absolute Gasteiger partial charge is 0.417 e. The topological polar surface area (TPSA) is 114 Å². The first-order valence-corrected chi connectivity index (χ1v) is 11.4. The number of nitrogens with zero attached hydrogens (tertiary/aromatic N) is 3. The fourth-order valence-corrected chi connectivity index (χ4v) is 4.88. The maximum Gasteiger partial charge on any atom is 0.417 e. The van der Waals surface area contributed by atoms with E-state index in [2.05, 4.69) is 25.6 Å². The Balaban J connectivity index is 1.53. The first-order valence-electron chi connectivity index (χ1n) is 9.82. The summed E-state index contributed by atoms with van der Waals surface area (Å²) in [6.45, 7) is 1.66. The van der Waals surface area contributed by atoms with Gasteiger partial charge in [0, 0.05) is 23.7 Å². The lowest BCUT2D eigenvalue weighted by molar-refractivity contribution is -0.137. The van der Waals surface area contributed by atoms with Gasteiger partial charge in [-0.3, -0.25) is 9.78 Å². The van der Waals surface area contributed by atoms with Gasteiger partial charge in [-0.2, -0.15) is 13.2 Å². The summed E-state index contributed by atoms with van der Waals surface area (Å²) in [4.78, 5) is 24.6. The van der Waals surface area contributed by atoms with Gasteiger partial charge in [-0.1, -0.05) is 0 Å². The number of halogens is 3. The van der Waals surface area contributed by atoms with E-state index in [1.165, 1.54) is 30.6 Å². The third-order valence-corrected chi connectivity index (χ3v) is 7.19. The number of carbonyl (C=O) groups is 1. The number of anilines is 3. The predicted molar refractivity (Wildman–Crippen MR) is 114 cm³/mol. The van der Waals surface area contributed by atoms with Crippen molar-refractivity contribution in [3.63, 3.8) is 0 Å². The van der Waals surface area contributed by atoms with Crippen molar-refractivity contribution < 1.29 is 26.4 Å². The molecule has 3 aromatic rings. The van der Waals surface area contributed by atoms with E-state index in [0.29, 0.717) is 24.7 Å². The molecule has 1 aliphatic carbocycles. The predicted octanol–water partition coefficient (Wildman–Crippen LogP) is 4.13. The van der Waals surface area contributed by atoms with E-state index in [-0.39, 0.29) is 27.8 Å². The van der Waals surface area contributed by atoms with Crippen LogP contribution in [0.15, 0.2) is 53.8 Å². The molecule has 2 N–H and O–H groups in total. The quantitative estimate of drug-likeness (QED) is 0.549. The first-order chi connectivity index (χ1) is 15.5. The Hall–Kier alpha value is -3.54. The van der Waals surface area contributed by atoms with Gasteiger partial charge in [-0.15, -0.1) is 0 Å². The van der Waals surface area contributed by atoms with Crippen LogP contribution in [0.3, 0.4) is 0 Å². The van der Waals surface area contributed by atoms with Gasteiger partial charge in [0.2, 0.25) is 0 Å². The van der Waals surface area contributed by atoms with E-state index < -0.39 is 32.7 Å². The van der Waals surface area contributed by atoms with Crippen LogP contribution in [-0.4, -0.2) is 34.5 Å². The monoisotopic (exact) mass is 477 g/mol. The van der Waals surface area contributed by atoms with Crippen molar-refractivity contribution in [2.24, 2.45) is 0 Å². The molecule has 0 spiro atoms. The van der Waals surface area contributed by atoms with Crippen LogP contribution in [-0.2, 0) is 16.0 Å². The van der Waals surface area contributed by atoms with E-state index in [1.807, 2.05) is 0 Å². The second-order valence-corrected chi connectivity index (χ2v) is 9.70. The molecule has 0 radical (unpaired) electrons. The molecule has 0 bridgehead atoms. The van der Waals surface area contributed by atoms with E-state index in [1.54, 1.807) is 6.92 Å². The molecule has 3 aromatic heterocycles. The minimum Gasteiger partial charge on any atom is -0.325 e. The van der Waals surface area contributed by atoms with E-state index in [4.69, 9.17) is 0 Å². The summed E-state index contributed by atoms with van der Waals surface area (Å²) in [6.07, 6.45) is -0.0297. The first kappa shape index (κ1) is 22.6. The van der Waals surface area contributed by atoms with Crippen molar-refractivity contribution in [2.45, 2.75) is 36.1 Å². The summed E-state index contributed by atoms with van der Waals surface area (Å²) in [6, 6.07) is 6.23. The van der Waals surface area contributed by atoms with E-state index >= 15 is 0 Å². The van der Waals surface area contributed by atoms with Crippen molar-refractivity contribution in [1.29, 1.82) is 0 Å². The second-order valence-electron chi connectivity index (χ2n) is 7.50. The number of pyridine rings is 3. The Labute approximate surface area is 187 Å². The molecule has 1 fully saturated rings. The second kappa shape index (κ2) is 8.43. The molecule has 172 valence electrons. The Morgan fingerprint density at radius 3 is 2.42 bits per heavy atom. The minimum atomic E-state index is -4.50. The lowest BCUT2D eigenvalue weighted by Crippen LogP contribution is -2.17. The molecule has 0 saturated heterocycles. The normalized spacial score (nSPS) is 14.1. The number of amides is 1. The van der Waals surface area contributed by atoms with Crippen molar-refractivity contribution in [3.8, 4) is 0 Å². The van der Waals surface area contributed by atoms with Crippen LogP contribution in [0.25, 0.3) is 0 Å². The highest BCUT2D eigenvalue weighted by Crippen LogP contribution is 2.36. The third kappa shape index (κ3) is 5.11. The molecule has 3 heterocycles. The summed E-state index contributed by atoms with van der Waals surface area (Å²) in [5, 5.41) is 4.86. The Bertz CT molecular complexity index is 1310. The number of hydrogen-bond acceptors (Lipinski definition) is 7. The molecule has 8 nitrogen and oxygen atoms in total. The summed E-state index contributed by atoms with van der Waals surface area (Å²) < 4.78 is 63.5. The van der Waals surface area contributed by atoms with Crippen molar-refractivity contribution in [1.82, 2.24) is 15.0 Å². The smallest absolute Gasteiger partial charge is 0.325 e. The Kier molecular flexibility index (Phi) is 5.78. The van der Waals surface area contributed by atoms with E-state index in [9.17, 15) is 26.4 Å². The average molecular weight is 477 g/mol. The number of alkyl halides is 3. The molecule has 0 unspecified atom stereocenters. The van der Waals surface area contributed by atoms with Gasteiger partial charge >= 0.3 is 6.18 Å². The van der Waals surface area contributed by atoms with Crippen molar-refractivity contribution in [3.05, 3.63) is 65.7 Å². The molecule has 33 heavy (non-hydrogen) atoms. The number of aryl methyl sites for hydroxylation is 1. The number of rotatable bonds is 6. The Morgan fingerprint density at radius 2 is 1.79 bits per heavy atom. The van der Waals surface area contributed by atoms with Crippen LogP contribution in [0, 0.1) is 6.92 Å². The number of nitrogens with one attached hydrogen (secondary N) is 2. The number of carbonyl (C=O) groups excluding carboxylic acids is 1. The highest BCUT2D eigenvalue weighted by Gasteiger charge is 2.38. The lowest BCUT2D eigenvalue weighted by Gasteiger charge is -2.12. The highest BCUT2D eigenvalue weighted by atomic mass is 32.2. The molecule has 4 rings (SSSR count). The molecule has 1 saturated carbocycles. The van der Waals surface area contributed by atoms with Gasteiger partial charge in [0.15, 0.2) is 9.84 Å². The SMILES string of the molecule is Cc1cc(S(=O)(=O)C2CC2)c(NC(=O)c2ccnc(Nc3ccc(C(F)(F)F)cn3)c2)cn1. The minimum absolute atomic E-state index is 0.0206. The summed E-state index contributed by atoms with van der Waals surface area (Å²) in [5.74, 6) is -0.324. The molecule has 0 aliphatic heterocycles. The van der Waals surface area contributed by atoms with Crippen LogP contribution in [0.1, 0.15) is 34.5 Å². The molecular weight excluding hydrogens is 459 g/mol. The molecule has 1 amide bonds. The fourth-order valence-electron chi connectivity index (χ4n) is 3.02. The van der Waals surface area contributed by atoms with Gasteiger partial charge in [-0.05, 0) is 50.1 Å². The van der Waals surface area contributed by atoms with Gasteiger partial charge in [0.25, 0.3) is 5.91 Å². The van der Waals surface area contributed by atoms with Crippen LogP contribution in [0.5, 0.6) is 0 Å². The maximum absolute atomic E-state index is 12.8. The number of hydrogen-bond donors (Lipinski definition) is 2. The van der Waals surface area contributed by atoms with Crippen molar-refractivity contribution >= 4 is 33.1 Å². The van der Waals surface area contributed by atoms with Gasteiger partial charge in [0.1, 0.15) is 11.6 Å². The summed E-state index contributed by atoms with van der Waals surface area (Å²) >= 11 is 0. The molecule has 12 heteroatoms. The van der Waals surface area contributed by atoms with Crippen molar-refractivity contribution in [2.75, 3.05) is 10.6 Å². The highest BCUT2D eigenvalue weighted by molar-refractivity contribution is 7.92. The maximum atomic E-state index is 12.8. The van der Waals surface area contributed by atoms with Crippen LogP contribution < -0.4 is 10.6 Å². The average Bonchev–Trinajstić information content (AvgIpc) is 3.61. The van der Waals surface area contributed by atoms with Crippen LogP contribution in [0.2, 0.25) is 0 Å². The molecule has 1 aliphatic rings. The Morgan fingerprint density at radius 1 is 1.03 bits per heavy atom. The molecular formula is C21H18F3N5O3S. The zero-order valence-corrected chi connectivity index (χ0v) is 18.0. The molecule has 0 atom stereocenters. The van der Waals surface area contributed by atoms with E-state index in [0.717, 1.165) is 12.1 Å². The van der Waals surface area contributed by atoms with Crippen LogP contribution in [0.4, 0.5) is 30.5 Å². The third-order valence-electron chi connectivity index (χ3n) is 4.89. The molecule has 0 aromatic carbocycles. The number of sulfone groups is 1. The zero-order chi connectivity index (χ0) is 23.8. The van der Waals surface area contributed by atoms with Crippen LogP contribution >= 0.6 is 0 Å². The standard InChI is InChI=1S/C21H18F3N5O3S/c1-12-8-17(33(31,32)15-3-4-15)16(11-26-12)28-20(30)13-6-7-25-19(9-13)29-18-5-2-14(10-27-18)21(22,23)24/h2,5-11,15H,3-4H2,1H3,(H,28,30)(H,25,27,29). The number of aromatic nitrogens is 3. The summed E-state index contributed by atoms with van der Waals surface area (Å²) in [5.41, 5.74) is -0.160. The fraction of sp³-hybridized carbons (Fsp3) is 0.238. The van der Waals surface area contributed by atoms with Gasteiger partial charge in [0.05, 0.1) is 27.6 Å². The zero-order valence-electron chi connectivity index (χ0n) is 17.2.